The number of nitrogen functional groups attached to an aromatic ring is 1. The number of aryl methyl sites for hydroxylation is 1. The molecule has 0 bridgehead atoms. The molecule has 3 aromatic rings. The van der Waals surface area contributed by atoms with Crippen molar-refractivity contribution in [3.63, 3.8) is 0 Å². The summed E-state index contributed by atoms with van der Waals surface area (Å²) in [7, 11) is 0. The Bertz CT molecular complexity index is 780. The highest BCUT2D eigenvalue weighted by atomic mass is 35.5. The Balaban J connectivity index is 2.31. The molecule has 0 saturated carbocycles. The van der Waals surface area contributed by atoms with Crippen LogP contribution in [0.15, 0.2) is 30.5 Å². The number of aromatic nitrogens is 3. The van der Waals surface area contributed by atoms with Crippen molar-refractivity contribution < 1.29 is 0 Å². The first-order valence-corrected chi connectivity index (χ1v) is 6.38. The largest absolute Gasteiger partial charge is 0.397 e. The molecule has 2 heterocycles. The van der Waals surface area contributed by atoms with Crippen molar-refractivity contribution in [2.45, 2.75) is 6.92 Å². The maximum atomic E-state index is 6.05. The first kappa shape index (κ1) is 12.3. The number of anilines is 1. The molecule has 0 radical (unpaired) electrons. The van der Waals surface area contributed by atoms with Crippen LogP contribution in [-0.2, 0) is 0 Å². The molecule has 3 rings (SSSR count). The molecule has 0 fully saturated rings. The van der Waals surface area contributed by atoms with Crippen molar-refractivity contribution in [3.8, 4) is 11.4 Å². The van der Waals surface area contributed by atoms with Crippen molar-refractivity contribution in [2.24, 2.45) is 0 Å². The van der Waals surface area contributed by atoms with Gasteiger partial charge in [-0.3, -0.25) is 4.40 Å². The van der Waals surface area contributed by atoms with Gasteiger partial charge in [-0.2, -0.15) is 0 Å². The predicted molar refractivity (Wildman–Crippen MR) is 77.6 cm³/mol. The Morgan fingerprint density at radius 2 is 1.95 bits per heavy atom. The maximum Gasteiger partial charge on any atom is 0.170 e. The van der Waals surface area contributed by atoms with Gasteiger partial charge in [0, 0.05) is 16.8 Å². The summed E-state index contributed by atoms with van der Waals surface area (Å²) >= 11 is 12.1. The topological polar surface area (TPSA) is 56.2 Å². The van der Waals surface area contributed by atoms with Crippen LogP contribution in [0.1, 0.15) is 5.56 Å². The van der Waals surface area contributed by atoms with E-state index in [1.807, 2.05) is 29.7 Å². The van der Waals surface area contributed by atoms with E-state index in [1.54, 1.807) is 12.1 Å². The quantitative estimate of drug-likeness (QED) is 0.697. The first-order chi connectivity index (χ1) is 9.06. The van der Waals surface area contributed by atoms with Crippen LogP contribution in [-0.4, -0.2) is 14.6 Å². The number of nitrogens with two attached hydrogens (primary N) is 1. The fourth-order valence-corrected chi connectivity index (χ4v) is 2.44. The summed E-state index contributed by atoms with van der Waals surface area (Å²) in [5.74, 6) is 0.622. The van der Waals surface area contributed by atoms with Gasteiger partial charge in [0.1, 0.15) is 0 Å². The van der Waals surface area contributed by atoms with E-state index in [2.05, 4.69) is 10.2 Å². The molecule has 0 aliphatic rings. The van der Waals surface area contributed by atoms with Gasteiger partial charge in [-0.1, -0.05) is 23.2 Å². The predicted octanol–water partition coefficient (Wildman–Crippen LogP) is 3.59. The highest BCUT2D eigenvalue weighted by Gasteiger charge is 2.14. The van der Waals surface area contributed by atoms with Crippen LogP contribution in [0.5, 0.6) is 0 Å². The van der Waals surface area contributed by atoms with Crippen LogP contribution in [0.3, 0.4) is 0 Å². The van der Waals surface area contributed by atoms with E-state index in [9.17, 15) is 0 Å². The summed E-state index contributed by atoms with van der Waals surface area (Å²) in [5, 5.41) is 9.21. The van der Waals surface area contributed by atoms with E-state index in [0.29, 0.717) is 27.1 Å². The smallest absolute Gasteiger partial charge is 0.170 e. The summed E-state index contributed by atoms with van der Waals surface area (Å²) in [5.41, 5.74) is 8.98. The molecule has 0 aliphatic heterocycles. The van der Waals surface area contributed by atoms with E-state index < -0.39 is 0 Å². The lowest BCUT2D eigenvalue weighted by atomic mass is 10.1. The van der Waals surface area contributed by atoms with Gasteiger partial charge in [-0.15, -0.1) is 10.2 Å². The SMILES string of the molecule is Cc1ccn2c(-c3cc(Cl)cc(Cl)c3N)nnc2c1. The number of halogens is 2. The molecule has 0 saturated heterocycles. The Hall–Kier alpha value is -1.78. The lowest BCUT2D eigenvalue weighted by Crippen LogP contribution is -1.96. The molecule has 96 valence electrons. The summed E-state index contributed by atoms with van der Waals surface area (Å²) in [6.07, 6.45) is 1.90. The third kappa shape index (κ3) is 2.03. The van der Waals surface area contributed by atoms with Gasteiger partial charge in [0.05, 0.1) is 10.7 Å². The highest BCUT2D eigenvalue weighted by Crippen LogP contribution is 2.34. The molecule has 2 N–H and O–H groups in total. The van der Waals surface area contributed by atoms with Crippen LogP contribution < -0.4 is 5.73 Å². The zero-order chi connectivity index (χ0) is 13.6. The minimum atomic E-state index is 0.409. The number of fused-ring (bicyclic) bond motifs is 1. The zero-order valence-electron chi connectivity index (χ0n) is 10.1. The average Bonchev–Trinajstić information content (AvgIpc) is 2.76. The monoisotopic (exact) mass is 292 g/mol. The molecule has 2 aromatic heterocycles. The minimum absolute atomic E-state index is 0.409. The van der Waals surface area contributed by atoms with Gasteiger partial charge in [0.15, 0.2) is 11.5 Å². The third-order valence-electron chi connectivity index (χ3n) is 2.90. The molecular weight excluding hydrogens is 283 g/mol. The summed E-state index contributed by atoms with van der Waals surface area (Å²) in [6, 6.07) is 7.26. The van der Waals surface area contributed by atoms with Gasteiger partial charge in [0.2, 0.25) is 0 Å². The number of hydrogen-bond donors (Lipinski definition) is 1. The molecule has 4 nitrogen and oxygen atoms in total. The van der Waals surface area contributed by atoms with Crippen molar-refractivity contribution in [2.75, 3.05) is 5.73 Å². The Morgan fingerprint density at radius 1 is 1.16 bits per heavy atom. The standard InChI is InChI=1S/C13H10Cl2N4/c1-7-2-3-19-11(4-7)17-18-13(19)9-5-8(14)6-10(15)12(9)16/h2-6H,16H2,1H3. The first-order valence-electron chi connectivity index (χ1n) is 5.62. The number of rotatable bonds is 1. The summed E-state index contributed by atoms with van der Waals surface area (Å²) in [4.78, 5) is 0. The normalized spacial score (nSPS) is 11.1. The molecule has 0 amide bonds. The fraction of sp³-hybridized carbons (Fsp3) is 0.0769. The Labute approximate surface area is 119 Å². The lowest BCUT2D eigenvalue weighted by Gasteiger charge is -2.07. The molecule has 0 spiro atoms. The molecular formula is C13H10Cl2N4. The second-order valence-corrected chi connectivity index (χ2v) is 5.15. The van der Waals surface area contributed by atoms with Crippen molar-refractivity contribution in [3.05, 3.63) is 46.1 Å². The minimum Gasteiger partial charge on any atom is -0.397 e. The molecule has 1 aromatic carbocycles. The second kappa shape index (κ2) is 4.40. The van der Waals surface area contributed by atoms with Crippen molar-refractivity contribution >= 4 is 34.5 Å². The summed E-state index contributed by atoms with van der Waals surface area (Å²) < 4.78 is 1.85. The number of benzene rings is 1. The van der Waals surface area contributed by atoms with Crippen LogP contribution in [0.25, 0.3) is 17.0 Å². The van der Waals surface area contributed by atoms with Crippen molar-refractivity contribution in [1.29, 1.82) is 0 Å². The van der Waals surface area contributed by atoms with Crippen molar-refractivity contribution in [1.82, 2.24) is 14.6 Å². The third-order valence-corrected chi connectivity index (χ3v) is 3.43. The number of nitrogens with zero attached hydrogens (tertiary/aromatic N) is 3. The molecule has 0 aliphatic carbocycles. The van der Waals surface area contributed by atoms with E-state index in [1.165, 1.54) is 0 Å². The van der Waals surface area contributed by atoms with Gasteiger partial charge in [-0.25, -0.2) is 0 Å². The molecule has 19 heavy (non-hydrogen) atoms. The fourth-order valence-electron chi connectivity index (χ4n) is 1.95. The van der Waals surface area contributed by atoms with Crippen LogP contribution in [0.4, 0.5) is 5.69 Å². The van der Waals surface area contributed by atoms with E-state index in [0.717, 1.165) is 11.2 Å². The Kier molecular flexibility index (Phi) is 2.84. The molecule has 0 unspecified atom stereocenters. The van der Waals surface area contributed by atoms with Gasteiger partial charge >= 0.3 is 0 Å². The maximum absolute atomic E-state index is 6.05. The Morgan fingerprint density at radius 3 is 2.74 bits per heavy atom. The van der Waals surface area contributed by atoms with Crippen LogP contribution >= 0.6 is 23.2 Å². The number of pyridine rings is 1. The second-order valence-electron chi connectivity index (χ2n) is 4.30. The lowest BCUT2D eigenvalue weighted by molar-refractivity contribution is 1.11. The van der Waals surface area contributed by atoms with E-state index in [4.69, 9.17) is 28.9 Å². The average molecular weight is 293 g/mol. The van der Waals surface area contributed by atoms with Gasteiger partial charge in [-0.05, 0) is 36.8 Å². The van der Waals surface area contributed by atoms with Crippen LogP contribution in [0.2, 0.25) is 10.0 Å². The van der Waals surface area contributed by atoms with Crippen LogP contribution in [0, 0.1) is 6.92 Å². The van der Waals surface area contributed by atoms with Gasteiger partial charge < -0.3 is 5.73 Å². The highest BCUT2D eigenvalue weighted by molar-refractivity contribution is 6.37. The summed E-state index contributed by atoms with van der Waals surface area (Å²) in [6.45, 7) is 2.00. The zero-order valence-corrected chi connectivity index (χ0v) is 11.6. The molecule has 0 atom stereocenters. The molecule has 6 heteroatoms. The van der Waals surface area contributed by atoms with Gasteiger partial charge in [0.25, 0.3) is 0 Å². The number of hydrogen-bond acceptors (Lipinski definition) is 3. The van der Waals surface area contributed by atoms with E-state index in [-0.39, 0.29) is 0 Å². The van der Waals surface area contributed by atoms with E-state index >= 15 is 0 Å².